The van der Waals surface area contributed by atoms with Gasteiger partial charge in [-0.2, -0.15) is 0 Å². The van der Waals surface area contributed by atoms with Crippen LogP contribution in [0.1, 0.15) is 29.5 Å². The largest absolute Gasteiger partial charge is 0.487 e. The van der Waals surface area contributed by atoms with Crippen LogP contribution in [0.4, 0.5) is 0 Å². The maximum absolute atomic E-state index is 6.33. The topological polar surface area (TPSA) is 52.4 Å². The summed E-state index contributed by atoms with van der Waals surface area (Å²) in [5.41, 5.74) is 4.59. The van der Waals surface area contributed by atoms with E-state index in [1.54, 1.807) is 6.33 Å². The van der Waals surface area contributed by atoms with E-state index in [-0.39, 0.29) is 12.3 Å². The average molecular weight is 350 g/mol. The highest BCUT2D eigenvalue weighted by Gasteiger charge is 2.30. The van der Waals surface area contributed by atoms with Crippen LogP contribution in [0, 0.1) is 6.92 Å². The van der Waals surface area contributed by atoms with Gasteiger partial charge in [-0.25, -0.2) is 9.97 Å². The van der Waals surface area contributed by atoms with Crippen molar-refractivity contribution in [3.05, 3.63) is 53.6 Å². The minimum atomic E-state index is -0.0498. The molecule has 1 saturated heterocycles. The molecule has 0 aliphatic carbocycles. The highest BCUT2D eigenvalue weighted by Crippen LogP contribution is 2.34. The lowest BCUT2D eigenvalue weighted by Gasteiger charge is -2.16. The zero-order valence-electron chi connectivity index (χ0n) is 15.1. The molecule has 0 radical (unpaired) electrons. The fraction of sp³-hybridized carbons (Fsp3) is 0.400. The molecule has 134 valence electrons. The predicted molar refractivity (Wildman–Crippen MR) is 97.9 cm³/mol. The van der Waals surface area contributed by atoms with Crippen LogP contribution in [-0.4, -0.2) is 39.2 Å². The van der Waals surface area contributed by atoms with Crippen molar-refractivity contribution in [2.24, 2.45) is 0 Å². The zero-order valence-corrected chi connectivity index (χ0v) is 15.1. The van der Waals surface area contributed by atoms with Crippen molar-refractivity contribution in [3.8, 4) is 5.75 Å². The number of hydrogen-bond donors (Lipinski definition) is 0. The van der Waals surface area contributed by atoms with Gasteiger partial charge in [0.15, 0.2) is 0 Å². The summed E-state index contributed by atoms with van der Waals surface area (Å²) >= 11 is 0. The Morgan fingerprint density at radius 1 is 1.19 bits per heavy atom. The van der Waals surface area contributed by atoms with Gasteiger partial charge in [-0.1, -0.05) is 12.1 Å². The SMILES string of the molecule is Cc1ncnc2c1ccn2C1CC(Oc2cccc3c2CN(C)C3)CO1. The Morgan fingerprint density at radius 3 is 3.04 bits per heavy atom. The Balaban J connectivity index is 1.35. The molecule has 3 aromatic rings. The molecule has 2 aliphatic heterocycles. The minimum Gasteiger partial charge on any atom is -0.487 e. The number of nitrogens with zero attached hydrogens (tertiary/aromatic N) is 4. The smallest absolute Gasteiger partial charge is 0.145 e. The third-order valence-corrected chi connectivity index (χ3v) is 5.35. The van der Waals surface area contributed by atoms with Crippen molar-refractivity contribution in [3.63, 3.8) is 0 Å². The summed E-state index contributed by atoms with van der Waals surface area (Å²) in [7, 11) is 2.14. The molecule has 4 heterocycles. The normalized spacial score (nSPS) is 22.8. The Morgan fingerprint density at radius 2 is 2.12 bits per heavy atom. The van der Waals surface area contributed by atoms with E-state index >= 15 is 0 Å². The van der Waals surface area contributed by atoms with Crippen LogP contribution in [0.3, 0.4) is 0 Å². The van der Waals surface area contributed by atoms with E-state index in [1.807, 2.05) is 13.1 Å². The summed E-state index contributed by atoms with van der Waals surface area (Å²) in [6, 6.07) is 8.41. The summed E-state index contributed by atoms with van der Waals surface area (Å²) < 4.78 is 14.5. The van der Waals surface area contributed by atoms with Crippen molar-refractivity contribution < 1.29 is 9.47 Å². The fourth-order valence-electron chi connectivity index (χ4n) is 4.03. The molecule has 0 amide bonds. The maximum Gasteiger partial charge on any atom is 0.145 e. The summed E-state index contributed by atoms with van der Waals surface area (Å²) in [4.78, 5) is 11.0. The average Bonchev–Trinajstić information content (AvgIpc) is 3.32. The maximum atomic E-state index is 6.33. The van der Waals surface area contributed by atoms with Gasteiger partial charge < -0.3 is 14.0 Å². The Labute approximate surface area is 152 Å². The lowest BCUT2D eigenvalue weighted by Crippen LogP contribution is -2.17. The lowest BCUT2D eigenvalue weighted by atomic mass is 10.1. The first-order valence-electron chi connectivity index (χ1n) is 9.05. The summed E-state index contributed by atoms with van der Waals surface area (Å²) in [5, 5.41) is 1.07. The van der Waals surface area contributed by atoms with Crippen LogP contribution in [-0.2, 0) is 17.8 Å². The quantitative estimate of drug-likeness (QED) is 0.727. The van der Waals surface area contributed by atoms with E-state index in [1.165, 1.54) is 11.1 Å². The second-order valence-corrected chi connectivity index (χ2v) is 7.25. The van der Waals surface area contributed by atoms with Gasteiger partial charge >= 0.3 is 0 Å². The van der Waals surface area contributed by atoms with E-state index in [0.29, 0.717) is 6.61 Å². The third kappa shape index (κ3) is 2.57. The molecule has 2 aromatic heterocycles. The number of benzene rings is 1. The van der Waals surface area contributed by atoms with Crippen LogP contribution in [0.2, 0.25) is 0 Å². The van der Waals surface area contributed by atoms with Crippen molar-refractivity contribution in [1.29, 1.82) is 0 Å². The summed E-state index contributed by atoms with van der Waals surface area (Å²) in [6.45, 7) is 4.53. The molecule has 0 spiro atoms. The Hall–Kier alpha value is -2.44. The molecule has 2 unspecified atom stereocenters. The Bertz CT molecular complexity index is 968. The number of rotatable bonds is 3. The standard InChI is InChI=1S/C20H22N4O2/c1-13-16-6-7-24(20(16)22-12-21-13)19-8-15(11-25-19)26-18-5-3-4-14-9-23(2)10-17(14)18/h3-7,12,15,19H,8-11H2,1-2H3. The van der Waals surface area contributed by atoms with Gasteiger partial charge in [0.1, 0.15) is 30.1 Å². The molecule has 1 fully saturated rings. The molecule has 2 atom stereocenters. The Kier molecular flexibility index (Phi) is 3.69. The number of ether oxygens (including phenoxy) is 2. The van der Waals surface area contributed by atoms with Crippen molar-refractivity contribution in [1.82, 2.24) is 19.4 Å². The van der Waals surface area contributed by atoms with Crippen molar-refractivity contribution in [2.75, 3.05) is 13.7 Å². The van der Waals surface area contributed by atoms with Gasteiger partial charge in [-0.15, -0.1) is 0 Å². The van der Waals surface area contributed by atoms with Crippen molar-refractivity contribution in [2.45, 2.75) is 38.8 Å². The zero-order chi connectivity index (χ0) is 17.7. The van der Waals surface area contributed by atoms with Crippen LogP contribution in [0.5, 0.6) is 5.75 Å². The summed E-state index contributed by atoms with van der Waals surface area (Å²) in [6.07, 6.45) is 4.46. The van der Waals surface area contributed by atoms with E-state index < -0.39 is 0 Å². The molecule has 6 heteroatoms. The van der Waals surface area contributed by atoms with E-state index in [4.69, 9.17) is 9.47 Å². The van der Waals surface area contributed by atoms with Gasteiger partial charge in [0, 0.05) is 36.7 Å². The number of fused-ring (bicyclic) bond motifs is 2. The van der Waals surface area contributed by atoms with Gasteiger partial charge in [-0.05, 0) is 31.7 Å². The predicted octanol–water partition coefficient (Wildman–Crippen LogP) is 3.05. The third-order valence-electron chi connectivity index (χ3n) is 5.35. The van der Waals surface area contributed by atoms with E-state index in [9.17, 15) is 0 Å². The van der Waals surface area contributed by atoms with Gasteiger partial charge in [0.2, 0.25) is 0 Å². The highest BCUT2D eigenvalue weighted by molar-refractivity contribution is 5.78. The fourth-order valence-corrected chi connectivity index (χ4v) is 4.03. The molecule has 0 bridgehead atoms. The van der Waals surface area contributed by atoms with Crippen molar-refractivity contribution >= 4 is 11.0 Å². The van der Waals surface area contributed by atoms with Crippen LogP contribution in [0.25, 0.3) is 11.0 Å². The highest BCUT2D eigenvalue weighted by atomic mass is 16.6. The first kappa shape index (κ1) is 15.8. The van der Waals surface area contributed by atoms with E-state index in [2.05, 4.69) is 50.7 Å². The molecule has 0 N–H and O–H groups in total. The molecule has 5 rings (SSSR count). The van der Waals surface area contributed by atoms with Crippen LogP contribution < -0.4 is 4.74 Å². The first-order chi connectivity index (χ1) is 12.7. The molecule has 1 aromatic carbocycles. The molecular weight excluding hydrogens is 328 g/mol. The van der Waals surface area contributed by atoms with Crippen LogP contribution in [0.15, 0.2) is 36.8 Å². The van der Waals surface area contributed by atoms with Gasteiger partial charge in [0.25, 0.3) is 0 Å². The molecule has 6 nitrogen and oxygen atoms in total. The van der Waals surface area contributed by atoms with Gasteiger partial charge in [-0.3, -0.25) is 4.90 Å². The number of aromatic nitrogens is 3. The summed E-state index contributed by atoms with van der Waals surface area (Å²) in [5.74, 6) is 0.997. The second kappa shape index (κ2) is 6.07. The van der Waals surface area contributed by atoms with E-state index in [0.717, 1.165) is 42.0 Å². The molecule has 26 heavy (non-hydrogen) atoms. The molecule has 0 saturated carbocycles. The van der Waals surface area contributed by atoms with Gasteiger partial charge in [0.05, 0.1) is 12.3 Å². The number of aryl methyl sites for hydroxylation is 1. The van der Waals surface area contributed by atoms with Crippen LogP contribution >= 0.6 is 0 Å². The second-order valence-electron chi connectivity index (χ2n) is 7.25. The minimum absolute atomic E-state index is 0.0498. The first-order valence-corrected chi connectivity index (χ1v) is 9.05. The lowest BCUT2D eigenvalue weighted by molar-refractivity contribution is 0.0526. The number of hydrogen-bond acceptors (Lipinski definition) is 5. The molecular formula is C20H22N4O2. The monoisotopic (exact) mass is 350 g/mol. The molecule has 2 aliphatic rings.